The molecule has 1 aliphatic carbocycles. The topological polar surface area (TPSA) is 47.7 Å². The van der Waals surface area contributed by atoms with E-state index in [1.54, 1.807) is 0 Å². The summed E-state index contributed by atoms with van der Waals surface area (Å²) in [5, 5.41) is 12.5. The van der Waals surface area contributed by atoms with Crippen LogP contribution in [0.3, 0.4) is 0 Å². The van der Waals surface area contributed by atoms with Crippen molar-refractivity contribution in [2.45, 2.75) is 44.6 Å². The van der Waals surface area contributed by atoms with Gasteiger partial charge in [0.05, 0.1) is 5.69 Å². The third-order valence-electron chi connectivity index (χ3n) is 4.24. The molecule has 114 valence electrons. The summed E-state index contributed by atoms with van der Waals surface area (Å²) < 4.78 is 4.67. The van der Waals surface area contributed by atoms with Gasteiger partial charge in [-0.15, -0.1) is 0 Å². The Balaban J connectivity index is 1.68. The first kappa shape index (κ1) is 14.6. The molecule has 0 aromatic carbocycles. The summed E-state index contributed by atoms with van der Waals surface area (Å²) in [5.41, 5.74) is 2.39. The van der Waals surface area contributed by atoms with E-state index in [2.05, 4.69) is 32.4 Å². The van der Waals surface area contributed by atoms with Gasteiger partial charge in [-0.05, 0) is 28.8 Å². The number of aromatic nitrogens is 4. The van der Waals surface area contributed by atoms with Gasteiger partial charge < -0.3 is 5.32 Å². The molecular weight excluding hydrogens is 330 g/mol. The highest BCUT2D eigenvalue weighted by Crippen LogP contribution is 2.32. The largest absolute Gasteiger partial charge is 0.366 e. The molecule has 0 spiro atoms. The van der Waals surface area contributed by atoms with Crippen molar-refractivity contribution < 1.29 is 0 Å². The Labute approximate surface area is 133 Å². The van der Waals surface area contributed by atoms with Crippen molar-refractivity contribution in [2.75, 3.05) is 5.32 Å². The molecule has 2 heterocycles. The number of anilines is 1. The van der Waals surface area contributed by atoms with Crippen LogP contribution in [0, 0.1) is 0 Å². The van der Waals surface area contributed by atoms with E-state index in [4.69, 9.17) is 5.10 Å². The predicted molar refractivity (Wildman–Crippen MR) is 87.3 cm³/mol. The maximum Gasteiger partial charge on any atom is 0.133 e. The Kier molecular flexibility index (Phi) is 4.33. The maximum atomic E-state index is 4.70. The SMILES string of the molecule is Cn1cc(CNc2cc(C3CCCCC3)nn2C)c(Br)n1. The van der Waals surface area contributed by atoms with E-state index >= 15 is 0 Å². The summed E-state index contributed by atoms with van der Waals surface area (Å²) in [6, 6.07) is 2.21. The van der Waals surface area contributed by atoms with E-state index in [9.17, 15) is 0 Å². The van der Waals surface area contributed by atoms with E-state index in [0.29, 0.717) is 5.92 Å². The van der Waals surface area contributed by atoms with E-state index in [1.807, 2.05) is 29.7 Å². The molecule has 1 saturated carbocycles. The summed E-state index contributed by atoms with van der Waals surface area (Å²) in [6.45, 7) is 0.748. The van der Waals surface area contributed by atoms with E-state index in [1.165, 1.54) is 37.8 Å². The van der Waals surface area contributed by atoms with Crippen molar-refractivity contribution in [2.24, 2.45) is 14.1 Å². The summed E-state index contributed by atoms with van der Waals surface area (Å²) in [4.78, 5) is 0. The Morgan fingerprint density at radius 3 is 2.67 bits per heavy atom. The third kappa shape index (κ3) is 3.31. The summed E-state index contributed by atoms with van der Waals surface area (Å²) in [5.74, 6) is 1.72. The molecule has 0 amide bonds. The zero-order chi connectivity index (χ0) is 14.8. The third-order valence-corrected chi connectivity index (χ3v) is 4.90. The van der Waals surface area contributed by atoms with Gasteiger partial charge in [0.15, 0.2) is 0 Å². The van der Waals surface area contributed by atoms with Crippen molar-refractivity contribution in [3.63, 3.8) is 0 Å². The maximum absolute atomic E-state index is 4.70. The second kappa shape index (κ2) is 6.22. The summed E-state index contributed by atoms with van der Waals surface area (Å²) in [7, 11) is 3.94. The molecule has 5 nitrogen and oxygen atoms in total. The van der Waals surface area contributed by atoms with Crippen LogP contribution in [0.4, 0.5) is 5.82 Å². The van der Waals surface area contributed by atoms with Crippen LogP contribution in [-0.2, 0) is 20.6 Å². The van der Waals surface area contributed by atoms with E-state index in [0.717, 1.165) is 22.5 Å². The standard InChI is InChI=1S/C15H22BrN5/c1-20-10-12(15(16)19-20)9-17-14-8-13(18-21(14)2)11-6-4-3-5-7-11/h8,10-11,17H,3-7,9H2,1-2H3. The molecule has 6 heteroatoms. The first-order chi connectivity index (χ1) is 10.1. The van der Waals surface area contributed by atoms with Gasteiger partial charge in [0.2, 0.25) is 0 Å². The molecule has 21 heavy (non-hydrogen) atoms. The number of aryl methyl sites for hydroxylation is 2. The van der Waals surface area contributed by atoms with Gasteiger partial charge in [0.25, 0.3) is 0 Å². The minimum atomic E-state index is 0.644. The highest BCUT2D eigenvalue weighted by molar-refractivity contribution is 9.10. The summed E-state index contributed by atoms with van der Waals surface area (Å²) in [6.07, 6.45) is 8.65. The van der Waals surface area contributed by atoms with Crippen LogP contribution in [-0.4, -0.2) is 19.6 Å². The molecule has 1 aliphatic rings. The van der Waals surface area contributed by atoms with Crippen LogP contribution >= 0.6 is 15.9 Å². The van der Waals surface area contributed by atoms with Gasteiger partial charge in [-0.2, -0.15) is 10.2 Å². The Morgan fingerprint density at radius 2 is 2.00 bits per heavy atom. The highest BCUT2D eigenvalue weighted by atomic mass is 79.9. The van der Waals surface area contributed by atoms with Gasteiger partial charge in [-0.1, -0.05) is 19.3 Å². The molecule has 1 N–H and O–H groups in total. The van der Waals surface area contributed by atoms with E-state index < -0.39 is 0 Å². The molecule has 0 atom stereocenters. The number of hydrogen-bond donors (Lipinski definition) is 1. The van der Waals surface area contributed by atoms with Crippen molar-refractivity contribution in [1.82, 2.24) is 19.6 Å². The van der Waals surface area contributed by atoms with Crippen LogP contribution < -0.4 is 5.32 Å². The van der Waals surface area contributed by atoms with Gasteiger partial charge in [0, 0.05) is 44.4 Å². The smallest absolute Gasteiger partial charge is 0.133 e. The Morgan fingerprint density at radius 1 is 1.24 bits per heavy atom. The fraction of sp³-hybridized carbons (Fsp3) is 0.600. The first-order valence-electron chi connectivity index (χ1n) is 7.59. The second-order valence-corrected chi connectivity index (χ2v) is 6.64. The van der Waals surface area contributed by atoms with Gasteiger partial charge in [-0.3, -0.25) is 9.36 Å². The Bertz CT molecular complexity index is 610. The van der Waals surface area contributed by atoms with Crippen LogP contribution in [0.25, 0.3) is 0 Å². The highest BCUT2D eigenvalue weighted by Gasteiger charge is 2.19. The molecule has 0 unspecified atom stereocenters. The monoisotopic (exact) mass is 351 g/mol. The number of halogens is 1. The summed E-state index contributed by atoms with van der Waals surface area (Å²) >= 11 is 3.48. The van der Waals surface area contributed by atoms with Crippen molar-refractivity contribution in [3.05, 3.63) is 28.1 Å². The van der Waals surface area contributed by atoms with Gasteiger partial charge in [0.1, 0.15) is 10.4 Å². The molecule has 2 aromatic rings. The lowest BCUT2D eigenvalue weighted by Crippen LogP contribution is -2.06. The minimum Gasteiger partial charge on any atom is -0.366 e. The first-order valence-corrected chi connectivity index (χ1v) is 8.38. The average Bonchev–Trinajstić information content (AvgIpc) is 3.00. The van der Waals surface area contributed by atoms with Crippen LogP contribution in [0.1, 0.15) is 49.3 Å². The van der Waals surface area contributed by atoms with Crippen molar-refractivity contribution >= 4 is 21.7 Å². The zero-order valence-corrected chi connectivity index (χ0v) is 14.2. The van der Waals surface area contributed by atoms with Crippen LogP contribution in [0.15, 0.2) is 16.9 Å². The number of nitrogens with zero attached hydrogens (tertiary/aromatic N) is 4. The lowest BCUT2D eigenvalue weighted by Gasteiger charge is -2.19. The molecular formula is C15H22BrN5. The van der Waals surface area contributed by atoms with Crippen LogP contribution in [0.5, 0.6) is 0 Å². The average molecular weight is 352 g/mol. The number of hydrogen-bond acceptors (Lipinski definition) is 3. The molecule has 3 rings (SSSR count). The predicted octanol–water partition coefficient (Wildman–Crippen LogP) is 3.58. The molecule has 1 fully saturated rings. The molecule has 0 bridgehead atoms. The lowest BCUT2D eigenvalue weighted by molar-refractivity contribution is 0.433. The van der Waals surface area contributed by atoms with E-state index in [-0.39, 0.29) is 0 Å². The fourth-order valence-corrected chi connectivity index (χ4v) is 3.56. The second-order valence-electron chi connectivity index (χ2n) is 5.89. The fourth-order valence-electron chi connectivity index (χ4n) is 3.07. The van der Waals surface area contributed by atoms with Crippen LogP contribution in [0.2, 0.25) is 0 Å². The minimum absolute atomic E-state index is 0.644. The van der Waals surface area contributed by atoms with Crippen molar-refractivity contribution in [1.29, 1.82) is 0 Å². The normalized spacial score (nSPS) is 16.3. The van der Waals surface area contributed by atoms with Crippen molar-refractivity contribution in [3.8, 4) is 0 Å². The lowest BCUT2D eigenvalue weighted by atomic mass is 9.87. The Hall–Kier alpha value is -1.30. The molecule has 0 radical (unpaired) electrons. The molecule has 0 saturated heterocycles. The number of nitrogens with one attached hydrogen (secondary N) is 1. The van der Waals surface area contributed by atoms with Gasteiger partial charge >= 0.3 is 0 Å². The quantitative estimate of drug-likeness (QED) is 0.915. The molecule has 2 aromatic heterocycles. The zero-order valence-electron chi connectivity index (χ0n) is 12.6. The molecule has 0 aliphatic heterocycles. The van der Waals surface area contributed by atoms with Gasteiger partial charge in [-0.25, -0.2) is 0 Å². The number of rotatable bonds is 4.